The van der Waals surface area contributed by atoms with Gasteiger partial charge in [-0.15, -0.1) is 0 Å². The Morgan fingerprint density at radius 2 is 2.06 bits per heavy atom. The highest BCUT2D eigenvalue weighted by Crippen LogP contribution is 2.27. The van der Waals surface area contributed by atoms with E-state index in [2.05, 4.69) is 20.7 Å². The third kappa shape index (κ3) is 5.84. The second-order valence-corrected chi connectivity index (χ2v) is 8.75. The first kappa shape index (κ1) is 23.5. The van der Waals surface area contributed by atoms with Gasteiger partial charge in [0.05, 0.1) is 17.8 Å². The third-order valence-electron chi connectivity index (χ3n) is 6.21. The van der Waals surface area contributed by atoms with E-state index in [9.17, 15) is 14.7 Å². The van der Waals surface area contributed by atoms with Crippen molar-refractivity contribution in [3.63, 3.8) is 0 Å². The van der Waals surface area contributed by atoms with E-state index in [-0.39, 0.29) is 11.9 Å². The van der Waals surface area contributed by atoms with Crippen molar-refractivity contribution in [3.8, 4) is 5.75 Å². The van der Waals surface area contributed by atoms with Crippen molar-refractivity contribution in [2.45, 2.75) is 57.0 Å². The fraction of sp³-hybridized carbons (Fsp3) is 0.440. The van der Waals surface area contributed by atoms with Crippen LogP contribution in [0.5, 0.6) is 5.75 Å². The van der Waals surface area contributed by atoms with E-state index in [0.29, 0.717) is 18.6 Å². The van der Waals surface area contributed by atoms with E-state index in [1.54, 1.807) is 36.3 Å². The number of hydrogen-bond acceptors (Lipinski definition) is 6. The second-order valence-electron chi connectivity index (χ2n) is 8.75. The lowest BCUT2D eigenvalue weighted by molar-refractivity contribution is -0.139. The van der Waals surface area contributed by atoms with Gasteiger partial charge in [-0.1, -0.05) is 38.2 Å². The van der Waals surface area contributed by atoms with Crippen LogP contribution >= 0.6 is 0 Å². The molecule has 3 heterocycles. The van der Waals surface area contributed by atoms with Crippen LogP contribution in [-0.4, -0.2) is 50.4 Å². The van der Waals surface area contributed by atoms with Crippen LogP contribution in [0.3, 0.4) is 0 Å². The number of unbranched alkanes of at least 4 members (excludes halogenated alkanes) is 4. The van der Waals surface area contributed by atoms with Gasteiger partial charge < -0.3 is 20.5 Å². The Kier molecular flexibility index (Phi) is 7.61. The lowest BCUT2D eigenvalue weighted by Gasteiger charge is -2.26. The molecule has 0 fully saturated rings. The summed E-state index contributed by atoms with van der Waals surface area (Å²) in [5.74, 6) is 0.220. The Morgan fingerprint density at radius 3 is 2.91 bits per heavy atom. The van der Waals surface area contributed by atoms with Gasteiger partial charge in [0.15, 0.2) is 11.6 Å². The van der Waals surface area contributed by atoms with E-state index in [0.717, 1.165) is 61.0 Å². The van der Waals surface area contributed by atoms with Crippen molar-refractivity contribution >= 4 is 28.6 Å². The lowest BCUT2D eigenvalue weighted by Crippen LogP contribution is -2.40. The number of ether oxygens (including phenoxy) is 1. The standard InChI is InChI=1S/C25H31N5O4/c1-30-21-14-17(11-12-18(21)15-27-30)24(31)29-20(25(32)33)9-6-4-2-3-5-8-19-16-34-22-10-7-13-26-23(22)28-19/h7,10-15,19-20H,2-6,8-9,16H2,1H3,(H,26,28)(H,29,31)(H,32,33)/t19?,20-/m0/s1. The van der Waals surface area contributed by atoms with E-state index in [1.807, 2.05) is 18.2 Å². The highest BCUT2D eigenvalue weighted by atomic mass is 16.5. The minimum atomic E-state index is -1.01. The van der Waals surface area contributed by atoms with Gasteiger partial charge in [-0.25, -0.2) is 9.78 Å². The van der Waals surface area contributed by atoms with Crippen LogP contribution in [0.25, 0.3) is 10.9 Å². The predicted octanol–water partition coefficient (Wildman–Crippen LogP) is 3.76. The van der Waals surface area contributed by atoms with Crippen molar-refractivity contribution < 1.29 is 19.4 Å². The van der Waals surface area contributed by atoms with Gasteiger partial charge in [0, 0.05) is 24.2 Å². The van der Waals surface area contributed by atoms with E-state index in [1.165, 1.54) is 0 Å². The fourth-order valence-electron chi connectivity index (χ4n) is 4.25. The number of pyridine rings is 1. The highest BCUT2D eigenvalue weighted by molar-refractivity contribution is 5.99. The van der Waals surface area contributed by atoms with Gasteiger partial charge >= 0.3 is 5.97 Å². The molecular weight excluding hydrogens is 434 g/mol. The summed E-state index contributed by atoms with van der Waals surface area (Å²) in [6, 6.07) is 8.39. The quantitative estimate of drug-likeness (QED) is 0.369. The summed E-state index contributed by atoms with van der Waals surface area (Å²) in [5, 5.41) is 20.7. The number of rotatable bonds is 11. The maximum Gasteiger partial charge on any atom is 0.326 e. The van der Waals surface area contributed by atoms with Crippen molar-refractivity contribution in [3.05, 3.63) is 48.3 Å². The summed E-state index contributed by atoms with van der Waals surface area (Å²) in [6.45, 7) is 0.645. The smallest absolute Gasteiger partial charge is 0.326 e. The predicted molar refractivity (Wildman–Crippen MR) is 129 cm³/mol. The lowest BCUT2D eigenvalue weighted by atomic mass is 10.0. The molecule has 0 aliphatic carbocycles. The molecular formula is C25H31N5O4. The van der Waals surface area contributed by atoms with Crippen molar-refractivity contribution in [2.24, 2.45) is 7.05 Å². The zero-order valence-electron chi connectivity index (χ0n) is 19.4. The number of carbonyl (C=O) groups is 2. The summed E-state index contributed by atoms with van der Waals surface area (Å²) in [6.07, 6.45) is 9.75. The summed E-state index contributed by atoms with van der Waals surface area (Å²) < 4.78 is 7.44. The number of carboxylic acid groups (broad SMARTS) is 1. The second kappa shape index (κ2) is 11.0. The summed E-state index contributed by atoms with van der Waals surface area (Å²) >= 11 is 0. The molecule has 180 valence electrons. The van der Waals surface area contributed by atoms with Crippen molar-refractivity contribution in [1.82, 2.24) is 20.1 Å². The van der Waals surface area contributed by atoms with Crippen molar-refractivity contribution in [1.29, 1.82) is 0 Å². The fourth-order valence-corrected chi connectivity index (χ4v) is 4.25. The topological polar surface area (TPSA) is 118 Å². The number of fused-ring (bicyclic) bond motifs is 2. The number of aryl methyl sites for hydroxylation is 1. The number of carboxylic acids is 1. The highest BCUT2D eigenvalue weighted by Gasteiger charge is 2.21. The molecule has 1 unspecified atom stereocenters. The summed E-state index contributed by atoms with van der Waals surface area (Å²) in [5.41, 5.74) is 1.26. The number of anilines is 1. The average Bonchev–Trinajstić information content (AvgIpc) is 3.22. The first-order chi connectivity index (χ1) is 16.5. The molecule has 1 amide bonds. The van der Waals surface area contributed by atoms with Crippen LogP contribution < -0.4 is 15.4 Å². The van der Waals surface area contributed by atoms with E-state index < -0.39 is 12.0 Å². The average molecular weight is 466 g/mol. The first-order valence-electron chi connectivity index (χ1n) is 11.8. The SMILES string of the molecule is Cn1ncc2ccc(C(=O)N[C@@H](CCCCCCCC3COc4cccnc4N3)C(=O)O)cc21. The van der Waals surface area contributed by atoms with Gasteiger partial charge in [0.2, 0.25) is 0 Å². The minimum absolute atomic E-state index is 0.263. The maximum absolute atomic E-state index is 12.6. The Balaban J connectivity index is 1.15. The molecule has 1 aromatic carbocycles. The number of carbonyl (C=O) groups excluding carboxylic acids is 1. The molecule has 0 saturated carbocycles. The van der Waals surface area contributed by atoms with Gasteiger partial charge in [-0.05, 0) is 37.1 Å². The van der Waals surface area contributed by atoms with Crippen LogP contribution in [0, 0.1) is 0 Å². The van der Waals surface area contributed by atoms with Crippen molar-refractivity contribution in [2.75, 3.05) is 11.9 Å². The van der Waals surface area contributed by atoms with Gasteiger partial charge in [-0.2, -0.15) is 5.10 Å². The molecule has 0 bridgehead atoms. The Morgan fingerprint density at radius 1 is 1.24 bits per heavy atom. The van der Waals surface area contributed by atoms with Gasteiger partial charge in [0.1, 0.15) is 12.6 Å². The van der Waals surface area contributed by atoms with E-state index in [4.69, 9.17) is 4.74 Å². The Labute approximate surface area is 198 Å². The number of aromatic nitrogens is 3. The van der Waals surface area contributed by atoms with Gasteiger partial charge in [0.25, 0.3) is 5.91 Å². The molecule has 3 N–H and O–H groups in total. The molecule has 1 aliphatic rings. The molecule has 4 rings (SSSR count). The number of nitrogens with zero attached hydrogens (tertiary/aromatic N) is 3. The Hall–Kier alpha value is -3.62. The molecule has 9 heteroatoms. The van der Waals surface area contributed by atoms with Crippen LogP contribution in [0.15, 0.2) is 42.7 Å². The summed E-state index contributed by atoms with van der Waals surface area (Å²) in [4.78, 5) is 28.6. The Bertz CT molecular complexity index is 1150. The number of amides is 1. The minimum Gasteiger partial charge on any atom is -0.488 e. The van der Waals surface area contributed by atoms with E-state index >= 15 is 0 Å². The number of hydrogen-bond donors (Lipinski definition) is 3. The van der Waals surface area contributed by atoms with Crippen LogP contribution in [0.4, 0.5) is 5.82 Å². The monoisotopic (exact) mass is 465 g/mol. The molecule has 2 atom stereocenters. The molecule has 3 aromatic rings. The van der Waals surface area contributed by atoms with Crippen LogP contribution in [0.1, 0.15) is 55.3 Å². The largest absolute Gasteiger partial charge is 0.488 e. The summed E-state index contributed by atoms with van der Waals surface area (Å²) in [7, 11) is 1.81. The number of nitrogens with one attached hydrogen (secondary N) is 2. The molecule has 0 saturated heterocycles. The molecule has 2 aromatic heterocycles. The number of benzene rings is 1. The van der Waals surface area contributed by atoms with Crippen LogP contribution in [-0.2, 0) is 11.8 Å². The molecule has 34 heavy (non-hydrogen) atoms. The maximum atomic E-state index is 12.6. The molecule has 0 spiro atoms. The normalized spacial score (nSPS) is 15.7. The molecule has 1 aliphatic heterocycles. The number of aliphatic carboxylic acids is 1. The molecule has 9 nitrogen and oxygen atoms in total. The van der Waals surface area contributed by atoms with Gasteiger partial charge in [-0.3, -0.25) is 9.48 Å². The molecule has 0 radical (unpaired) electrons. The van der Waals surface area contributed by atoms with Crippen LogP contribution in [0.2, 0.25) is 0 Å². The third-order valence-corrected chi connectivity index (χ3v) is 6.21. The zero-order chi connectivity index (χ0) is 23.9. The zero-order valence-corrected chi connectivity index (χ0v) is 19.4. The first-order valence-corrected chi connectivity index (χ1v) is 11.8.